The van der Waals surface area contributed by atoms with Gasteiger partial charge in [-0.05, 0) is 31.0 Å². The summed E-state index contributed by atoms with van der Waals surface area (Å²) in [5.41, 5.74) is 3.98. The van der Waals surface area contributed by atoms with Gasteiger partial charge in [0.1, 0.15) is 0 Å². The van der Waals surface area contributed by atoms with Crippen LogP contribution in [0.5, 0.6) is 0 Å². The molecule has 1 aromatic carbocycles. The van der Waals surface area contributed by atoms with Crippen molar-refractivity contribution in [3.05, 3.63) is 60.6 Å². The van der Waals surface area contributed by atoms with Crippen molar-refractivity contribution in [2.75, 3.05) is 13.2 Å². The Morgan fingerprint density at radius 2 is 2.00 bits per heavy atom. The van der Waals surface area contributed by atoms with E-state index >= 15 is 0 Å². The van der Waals surface area contributed by atoms with Gasteiger partial charge >= 0.3 is 0 Å². The van der Waals surface area contributed by atoms with Crippen LogP contribution in [-0.4, -0.2) is 18.2 Å². The van der Waals surface area contributed by atoms with Crippen molar-refractivity contribution in [3.8, 4) is 11.3 Å². The van der Waals surface area contributed by atoms with Crippen molar-refractivity contribution in [2.45, 2.75) is 33.1 Å². The molecule has 1 unspecified atom stereocenters. The summed E-state index contributed by atoms with van der Waals surface area (Å²) in [6.07, 6.45) is 2.49. The molecule has 23 heavy (non-hydrogen) atoms. The number of hydrogen-bond acceptors (Lipinski definition) is 2. The normalized spacial score (nSPS) is 11.8. The molecule has 1 atom stereocenters. The smallest absolute Gasteiger partial charge is 0.0521 e. The zero-order chi connectivity index (χ0) is 15.8. The Morgan fingerprint density at radius 1 is 1.22 bits per heavy atom. The summed E-state index contributed by atoms with van der Waals surface area (Å²) >= 11 is 0. The first kappa shape index (κ1) is 20.0. The van der Waals surface area contributed by atoms with Gasteiger partial charge < -0.3 is 9.72 Å². The monoisotopic (exact) mass is 487 g/mol. The molecule has 1 aromatic heterocycles. The second kappa shape index (κ2) is 10.7. The van der Waals surface area contributed by atoms with Crippen LogP contribution in [0.4, 0.5) is 0 Å². The molecule has 0 aliphatic heterocycles. The maximum Gasteiger partial charge on any atom is 0.0521 e. The first-order chi connectivity index (χ1) is 10.7. The van der Waals surface area contributed by atoms with Crippen LogP contribution < -0.4 is 0 Å². The fourth-order valence-electron chi connectivity index (χ4n) is 2.13. The Morgan fingerprint density at radius 3 is 2.74 bits per heavy atom. The van der Waals surface area contributed by atoms with E-state index in [9.17, 15) is 0 Å². The van der Waals surface area contributed by atoms with Gasteiger partial charge in [-0.2, -0.15) is 0 Å². The molecule has 2 nitrogen and oxygen atoms in total. The Balaban J connectivity index is 0.00000264. The molecule has 0 aliphatic rings. The average Bonchev–Trinajstić information content (AvgIpc) is 2.58. The Kier molecular flexibility index (Phi) is 9.31. The fourth-order valence-corrected chi connectivity index (χ4v) is 2.13. The SMILES string of the molecule is [CH]Cc1[c-]c(-c2cccc(CCOCC(C)CC)n2)ccc1.[Ir]. The van der Waals surface area contributed by atoms with Crippen LogP contribution in [0.2, 0.25) is 0 Å². The molecule has 2 aromatic rings. The first-order valence-electron chi connectivity index (χ1n) is 7.98. The largest absolute Gasteiger partial charge is 0.381 e. The summed E-state index contributed by atoms with van der Waals surface area (Å²) < 4.78 is 5.71. The van der Waals surface area contributed by atoms with E-state index in [0.717, 1.165) is 42.0 Å². The van der Waals surface area contributed by atoms with E-state index < -0.39 is 0 Å². The molecule has 0 amide bonds. The molecule has 0 saturated heterocycles. The molecule has 3 heteroatoms. The summed E-state index contributed by atoms with van der Waals surface area (Å²) in [4.78, 5) is 4.70. The first-order valence-corrected chi connectivity index (χ1v) is 7.98. The van der Waals surface area contributed by atoms with Crippen molar-refractivity contribution in [1.29, 1.82) is 0 Å². The Labute approximate surface area is 154 Å². The summed E-state index contributed by atoms with van der Waals surface area (Å²) in [5, 5.41) is 0. The predicted molar refractivity (Wildman–Crippen MR) is 90.5 cm³/mol. The Hall–Kier alpha value is -1.02. The standard InChI is InChI=1S/C20H24NO.Ir/c1-4-16(3)15-22-13-12-19-10-7-11-20(21-19)18-9-6-8-17(5-2)14-18;/h2,6-11,16H,4-5,12-13,15H2,1,3H3;/q-1;. The summed E-state index contributed by atoms with van der Waals surface area (Å²) in [5.74, 6) is 0.618. The number of aromatic nitrogens is 1. The topological polar surface area (TPSA) is 22.1 Å². The number of pyridine rings is 1. The van der Waals surface area contributed by atoms with Crippen LogP contribution >= 0.6 is 0 Å². The van der Waals surface area contributed by atoms with E-state index in [4.69, 9.17) is 16.6 Å². The third-order valence-electron chi connectivity index (χ3n) is 3.76. The third-order valence-corrected chi connectivity index (χ3v) is 3.76. The van der Waals surface area contributed by atoms with E-state index in [-0.39, 0.29) is 20.1 Å². The van der Waals surface area contributed by atoms with E-state index in [0.29, 0.717) is 18.9 Å². The molecular weight excluding hydrogens is 462 g/mol. The number of rotatable bonds is 8. The number of benzene rings is 1. The number of nitrogens with zero attached hydrogens (tertiary/aromatic N) is 1. The van der Waals surface area contributed by atoms with Crippen LogP contribution in [0.1, 0.15) is 31.5 Å². The summed E-state index contributed by atoms with van der Waals surface area (Å²) in [7, 11) is 0. The Bertz CT molecular complexity index is 585. The van der Waals surface area contributed by atoms with Crippen LogP contribution in [0, 0.1) is 18.9 Å². The van der Waals surface area contributed by atoms with Crippen LogP contribution in [0.25, 0.3) is 11.3 Å². The minimum atomic E-state index is 0. The maximum atomic E-state index is 5.71. The van der Waals surface area contributed by atoms with Crippen molar-refractivity contribution in [1.82, 2.24) is 4.98 Å². The number of hydrogen-bond donors (Lipinski definition) is 0. The molecule has 0 fully saturated rings. The molecule has 0 N–H and O–H groups in total. The number of ether oxygens (including phenoxy) is 1. The molecule has 2 rings (SSSR count). The van der Waals surface area contributed by atoms with E-state index in [1.165, 1.54) is 0 Å². The van der Waals surface area contributed by atoms with E-state index in [2.05, 4.69) is 19.9 Å². The summed E-state index contributed by atoms with van der Waals surface area (Å²) in [6, 6.07) is 15.4. The van der Waals surface area contributed by atoms with Crippen molar-refractivity contribution < 1.29 is 24.8 Å². The van der Waals surface area contributed by atoms with Crippen molar-refractivity contribution >= 4 is 0 Å². The molecule has 0 spiro atoms. The second-order valence-corrected chi connectivity index (χ2v) is 5.65. The molecule has 1 heterocycles. The molecule has 0 bridgehead atoms. The van der Waals surface area contributed by atoms with Gasteiger partial charge in [0.15, 0.2) is 0 Å². The molecule has 0 aliphatic carbocycles. The van der Waals surface area contributed by atoms with Gasteiger partial charge in [0.25, 0.3) is 0 Å². The van der Waals surface area contributed by atoms with Gasteiger partial charge in [-0.15, -0.1) is 35.4 Å². The zero-order valence-electron chi connectivity index (χ0n) is 13.8. The van der Waals surface area contributed by atoms with Gasteiger partial charge in [-0.1, -0.05) is 32.4 Å². The van der Waals surface area contributed by atoms with E-state index in [1.54, 1.807) is 0 Å². The predicted octanol–water partition coefficient (Wildman–Crippen LogP) is 4.41. The zero-order valence-corrected chi connectivity index (χ0v) is 16.2. The second-order valence-electron chi connectivity index (χ2n) is 5.65. The van der Waals surface area contributed by atoms with E-state index in [1.807, 2.05) is 36.4 Å². The van der Waals surface area contributed by atoms with Gasteiger partial charge in [0.05, 0.1) is 6.61 Å². The van der Waals surface area contributed by atoms with Crippen LogP contribution in [0.3, 0.4) is 0 Å². The van der Waals surface area contributed by atoms with Crippen molar-refractivity contribution in [3.63, 3.8) is 0 Å². The minimum Gasteiger partial charge on any atom is -0.381 e. The summed E-state index contributed by atoms with van der Waals surface area (Å²) in [6.45, 7) is 11.6. The average molecular weight is 487 g/mol. The molecule has 3 radical (unpaired) electrons. The quantitative estimate of drug-likeness (QED) is 0.408. The maximum absolute atomic E-state index is 5.71. The third kappa shape index (κ3) is 6.55. The van der Waals surface area contributed by atoms with Gasteiger partial charge in [0.2, 0.25) is 0 Å². The van der Waals surface area contributed by atoms with Crippen LogP contribution in [0.15, 0.2) is 36.4 Å². The van der Waals surface area contributed by atoms with Gasteiger partial charge in [-0.3, -0.25) is 0 Å². The molecule has 125 valence electrons. The fraction of sp³-hybridized carbons (Fsp3) is 0.400. The molecule has 0 saturated carbocycles. The molecular formula is C20H24IrNO-. The van der Waals surface area contributed by atoms with Crippen LogP contribution in [-0.2, 0) is 37.7 Å². The minimum absolute atomic E-state index is 0. The van der Waals surface area contributed by atoms with Gasteiger partial charge in [-0.25, -0.2) is 0 Å². The van der Waals surface area contributed by atoms with Gasteiger partial charge in [0, 0.05) is 38.8 Å². The van der Waals surface area contributed by atoms with Crippen molar-refractivity contribution in [2.24, 2.45) is 5.92 Å².